The van der Waals surface area contributed by atoms with Crippen molar-refractivity contribution in [2.45, 2.75) is 0 Å². The van der Waals surface area contributed by atoms with Gasteiger partial charge in [-0.15, -0.1) is 0 Å². The fraction of sp³-hybridized carbons (Fsp3) is 0. The molecule has 0 N–H and O–H groups in total. The first-order valence-electron chi connectivity index (χ1n) is 5.42. The summed E-state index contributed by atoms with van der Waals surface area (Å²) in [5.41, 5.74) is 2.61. The molecule has 1 aromatic carbocycles. The van der Waals surface area contributed by atoms with E-state index in [0.29, 0.717) is 5.15 Å². The molecule has 18 heavy (non-hydrogen) atoms. The molecule has 4 nitrogen and oxygen atoms in total. The maximum atomic E-state index is 5.88. The van der Waals surface area contributed by atoms with Crippen molar-refractivity contribution < 1.29 is 0 Å². The Kier molecular flexibility index (Phi) is 2.78. The van der Waals surface area contributed by atoms with Crippen LogP contribution < -0.4 is 0 Å². The van der Waals surface area contributed by atoms with Crippen LogP contribution in [-0.2, 0) is 0 Å². The second-order valence-corrected chi connectivity index (χ2v) is 4.08. The second kappa shape index (κ2) is 4.58. The van der Waals surface area contributed by atoms with Crippen LogP contribution in [-0.4, -0.2) is 19.7 Å². The third kappa shape index (κ3) is 1.98. The van der Waals surface area contributed by atoms with E-state index in [2.05, 4.69) is 15.1 Å². The first-order valence-corrected chi connectivity index (χ1v) is 5.80. The second-order valence-electron chi connectivity index (χ2n) is 3.69. The topological polar surface area (TPSA) is 43.6 Å². The van der Waals surface area contributed by atoms with Crippen LogP contribution in [0.3, 0.4) is 0 Å². The lowest BCUT2D eigenvalue weighted by molar-refractivity contribution is 0.883. The third-order valence-electron chi connectivity index (χ3n) is 2.54. The normalized spacial score (nSPS) is 10.5. The number of benzene rings is 1. The van der Waals surface area contributed by atoms with Gasteiger partial charge in [-0.1, -0.05) is 29.8 Å². The Hall–Kier alpha value is -2.20. The number of hydrogen-bond donors (Lipinski definition) is 0. The maximum absolute atomic E-state index is 5.88. The summed E-state index contributed by atoms with van der Waals surface area (Å²) in [6.45, 7) is 0. The van der Waals surface area contributed by atoms with Crippen LogP contribution in [0.25, 0.3) is 17.1 Å². The molecule has 0 aliphatic carbocycles. The molecular formula is C13H9ClN4. The Morgan fingerprint density at radius 3 is 2.61 bits per heavy atom. The maximum Gasteiger partial charge on any atom is 0.133 e. The van der Waals surface area contributed by atoms with Crippen molar-refractivity contribution in [3.8, 4) is 17.1 Å². The first-order chi connectivity index (χ1) is 8.84. The number of nitrogens with zero attached hydrogens (tertiary/aromatic N) is 4. The van der Waals surface area contributed by atoms with Crippen molar-refractivity contribution >= 4 is 11.6 Å². The van der Waals surface area contributed by atoms with Gasteiger partial charge in [-0.2, -0.15) is 5.10 Å². The van der Waals surface area contributed by atoms with Crippen LogP contribution in [0.1, 0.15) is 0 Å². The number of halogens is 1. The Labute approximate surface area is 109 Å². The summed E-state index contributed by atoms with van der Waals surface area (Å²) in [6.07, 6.45) is 3.18. The molecule has 0 bridgehead atoms. The van der Waals surface area contributed by atoms with E-state index in [1.807, 2.05) is 41.1 Å². The Balaban J connectivity index is 2.13. The highest BCUT2D eigenvalue weighted by Crippen LogP contribution is 2.21. The van der Waals surface area contributed by atoms with E-state index in [1.165, 1.54) is 6.33 Å². The Morgan fingerprint density at radius 1 is 1.00 bits per heavy atom. The largest absolute Gasteiger partial charge is 0.235 e. The summed E-state index contributed by atoms with van der Waals surface area (Å²) in [5.74, 6) is 0. The zero-order valence-electron chi connectivity index (χ0n) is 9.36. The van der Waals surface area contributed by atoms with Gasteiger partial charge in [0.05, 0.1) is 23.3 Å². The zero-order valence-corrected chi connectivity index (χ0v) is 10.1. The molecule has 0 atom stereocenters. The van der Waals surface area contributed by atoms with Gasteiger partial charge in [0, 0.05) is 6.07 Å². The van der Waals surface area contributed by atoms with Crippen LogP contribution in [0.5, 0.6) is 0 Å². The number of rotatable bonds is 2. The SMILES string of the molecule is Clc1cc(-c2ccnn2-c2ccccc2)ncn1. The van der Waals surface area contributed by atoms with Gasteiger partial charge >= 0.3 is 0 Å². The summed E-state index contributed by atoms with van der Waals surface area (Å²) < 4.78 is 1.82. The molecule has 0 fully saturated rings. The average Bonchev–Trinajstić information content (AvgIpc) is 2.89. The van der Waals surface area contributed by atoms with Gasteiger partial charge < -0.3 is 0 Å². The molecule has 3 aromatic rings. The minimum absolute atomic E-state index is 0.417. The van der Waals surface area contributed by atoms with Gasteiger partial charge in [0.15, 0.2) is 0 Å². The molecule has 0 aliphatic heterocycles. The average molecular weight is 257 g/mol. The molecule has 0 spiro atoms. The highest BCUT2D eigenvalue weighted by Gasteiger charge is 2.08. The van der Waals surface area contributed by atoms with Crippen molar-refractivity contribution in [2.75, 3.05) is 0 Å². The van der Waals surface area contributed by atoms with Crippen molar-refractivity contribution in [3.05, 3.63) is 60.1 Å². The van der Waals surface area contributed by atoms with Crippen molar-refractivity contribution in [2.24, 2.45) is 0 Å². The van der Waals surface area contributed by atoms with E-state index in [0.717, 1.165) is 17.1 Å². The Bertz CT molecular complexity index is 664. The van der Waals surface area contributed by atoms with Crippen molar-refractivity contribution in [1.82, 2.24) is 19.7 Å². The highest BCUT2D eigenvalue weighted by atomic mass is 35.5. The summed E-state index contributed by atoms with van der Waals surface area (Å²) in [4.78, 5) is 8.09. The number of para-hydroxylation sites is 1. The molecule has 0 amide bonds. The number of hydrogen-bond acceptors (Lipinski definition) is 3. The van der Waals surface area contributed by atoms with Gasteiger partial charge in [0.1, 0.15) is 11.5 Å². The van der Waals surface area contributed by atoms with E-state index in [9.17, 15) is 0 Å². The standard InChI is InChI=1S/C13H9ClN4/c14-13-8-11(15-9-16-13)12-6-7-17-18(12)10-4-2-1-3-5-10/h1-9H. The molecule has 0 aliphatic rings. The predicted octanol–water partition coefficient (Wildman–Crippen LogP) is 2.98. The van der Waals surface area contributed by atoms with Crippen molar-refractivity contribution in [1.29, 1.82) is 0 Å². The van der Waals surface area contributed by atoms with Gasteiger partial charge in [-0.3, -0.25) is 0 Å². The molecule has 0 unspecified atom stereocenters. The smallest absolute Gasteiger partial charge is 0.133 e. The molecule has 0 radical (unpaired) electrons. The highest BCUT2D eigenvalue weighted by molar-refractivity contribution is 6.29. The van der Waals surface area contributed by atoms with Gasteiger partial charge in [-0.25, -0.2) is 14.6 Å². The number of aromatic nitrogens is 4. The molecule has 88 valence electrons. The molecule has 2 aromatic heterocycles. The van der Waals surface area contributed by atoms with E-state index >= 15 is 0 Å². The zero-order chi connectivity index (χ0) is 12.4. The lowest BCUT2D eigenvalue weighted by Gasteiger charge is -2.06. The summed E-state index contributed by atoms with van der Waals surface area (Å²) in [7, 11) is 0. The molecular weight excluding hydrogens is 248 g/mol. The van der Waals surface area contributed by atoms with E-state index in [-0.39, 0.29) is 0 Å². The molecule has 2 heterocycles. The van der Waals surface area contributed by atoms with Crippen LogP contribution in [0.2, 0.25) is 5.15 Å². The van der Waals surface area contributed by atoms with Crippen molar-refractivity contribution in [3.63, 3.8) is 0 Å². The van der Waals surface area contributed by atoms with Crippen LogP contribution in [0.15, 0.2) is 55.0 Å². The van der Waals surface area contributed by atoms with Gasteiger partial charge in [-0.05, 0) is 18.2 Å². The van der Waals surface area contributed by atoms with E-state index in [4.69, 9.17) is 11.6 Å². The molecule has 5 heteroatoms. The van der Waals surface area contributed by atoms with E-state index < -0.39 is 0 Å². The monoisotopic (exact) mass is 256 g/mol. The fourth-order valence-electron chi connectivity index (χ4n) is 1.75. The fourth-order valence-corrected chi connectivity index (χ4v) is 1.89. The molecule has 0 saturated carbocycles. The third-order valence-corrected chi connectivity index (χ3v) is 2.75. The van der Waals surface area contributed by atoms with E-state index in [1.54, 1.807) is 12.3 Å². The quantitative estimate of drug-likeness (QED) is 0.662. The summed E-state index contributed by atoms with van der Waals surface area (Å²) in [5, 5.41) is 4.72. The minimum Gasteiger partial charge on any atom is -0.235 e. The first kappa shape index (κ1) is 10.9. The van der Waals surface area contributed by atoms with Gasteiger partial charge in [0.2, 0.25) is 0 Å². The predicted molar refractivity (Wildman–Crippen MR) is 69.6 cm³/mol. The summed E-state index contributed by atoms with van der Waals surface area (Å²) in [6, 6.07) is 13.5. The molecule has 0 saturated heterocycles. The lowest BCUT2D eigenvalue weighted by atomic mass is 10.2. The summed E-state index contributed by atoms with van der Waals surface area (Å²) >= 11 is 5.88. The minimum atomic E-state index is 0.417. The Morgan fingerprint density at radius 2 is 1.83 bits per heavy atom. The van der Waals surface area contributed by atoms with Crippen LogP contribution in [0, 0.1) is 0 Å². The van der Waals surface area contributed by atoms with Crippen LogP contribution >= 0.6 is 11.6 Å². The lowest BCUT2D eigenvalue weighted by Crippen LogP contribution is -1.99. The van der Waals surface area contributed by atoms with Crippen LogP contribution in [0.4, 0.5) is 0 Å². The van der Waals surface area contributed by atoms with Gasteiger partial charge in [0.25, 0.3) is 0 Å². The molecule has 3 rings (SSSR count).